The zero-order valence-electron chi connectivity index (χ0n) is 25.9. The van der Waals surface area contributed by atoms with Gasteiger partial charge in [-0.25, -0.2) is 4.98 Å². The normalized spacial score (nSPS) is 13.5. The molecule has 45 heavy (non-hydrogen) atoms. The van der Waals surface area contributed by atoms with Crippen molar-refractivity contribution in [3.63, 3.8) is 0 Å². The molecule has 228 valence electrons. The predicted octanol–water partition coefficient (Wildman–Crippen LogP) is 6.40. The molecule has 2 amide bonds. The van der Waals surface area contributed by atoms with E-state index in [0.717, 1.165) is 50.6 Å². The lowest BCUT2D eigenvalue weighted by atomic mass is 9.97. The van der Waals surface area contributed by atoms with Crippen molar-refractivity contribution in [3.05, 3.63) is 136 Å². The summed E-state index contributed by atoms with van der Waals surface area (Å²) in [7, 11) is 1.90. The van der Waals surface area contributed by atoms with Crippen LogP contribution in [0.4, 0.5) is 0 Å². The first-order chi connectivity index (χ1) is 21.9. The highest BCUT2D eigenvalue weighted by molar-refractivity contribution is 7.13. The summed E-state index contributed by atoms with van der Waals surface area (Å²) >= 11 is 1.59. The molecule has 0 aliphatic carbocycles. The monoisotopic (exact) mass is 615 g/mol. The molecule has 3 heterocycles. The molecule has 8 heteroatoms. The highest BCUT2D eigenvalue weighted by Crippen LogP contribution is 2.25. The fourth-order valence-corrected chi connectivity index (χ4v) is 6.65. The van der Waals surface area contributed by atoms with E-state index in [1.165, 1.54) is 5.56 Å². The van der Waals surface area contributed by atoms with E-state index in [-0.39, 0.29) is 11.8 Å². The Labute approximate surface area is 268 Å². The van der Waals surface area contributed by atoms with Gasteiger partial charge in [-0.05, 0) is 48.6 Å². The Morgan fingerprint density at radius 1 is 0.956 bits per heavy atom. The van der Waals surface area contributed by atoms with E-state index in [9.17, 15) is 9.59 Å². The van der Waals surface area contributed by atoms with E-state index in [1.807, 2.05) is 109 Å². The van der Waals surface area contributed by atoms with Gasteiger partial charge in [0.25, 0.3) is 0 Å². The van der Waals surface area contributed by atoms with E-state index in [4.69, 9.17) is 0 Å². The summed E-state index contributed by atoms with van der Waals surface area (Å²) in [4.78, 5) is 36.9. The zero-order chi connectivity index (χ0) is 31.3. The number of carbonyl (C=O) groups excluding carboxylic acids is 2. The standard InChI is InChI=1S/C37H37N5O2S/c1-26-33(27(2)40(3)39-26)17-18-35(43)42(24-29-13-15-31(16-14-29)36-38-20-22-45-36)34(23-28-9-5-4-6-10-28)37(44)41-21-19-30-11-7-8-12-32(30)25-41/h4-18,20,22,34H,19,21,23-25H2,1-3H3. The van der Waals surface area contributed by atoms with Crippen LogP contribution < -0.4 is 0 Å². The lowest BCUT2D eigenvalue weighted by molar-refractivity contribution is -0.144. The van der Waals surface area contributed by atoms with Gasteiger partial charge < -0.3 is 9.80 Å². The van der Waals surface area contributed by atoms with Crippen molar-refractivity contribution in [3.8, 4) is 10.6 Å². The number of benzene rings is 3. The Balaban J connectivity index is 1.36. The van der Waals surface area contributed by atoms with Gasteiger partial charge >= 0.3 is 0 Å². The van der Waals surface area contributed by atoms with Gasteiger partial charge in [-0.2, -0.15) is 5.10 Å². The smallest absolute Gasteiger partial charge is 0.247 e. The van der Waals surface area contributed by atoms with Crippen LogP contribution in [0, 0.1) is 13.8 Å². The molecule has 0 N–H and O–H groups in total. The molecule has 1 unspecified atom stereocenters. The number of aryl methyl sites for hydroxylation is 2. The summed E-state index contributed by atoms with van der Waals surface area (Å²) in [6.07, 6.45) is 6.44. The molecule has 5 aromatic rings. The molecule has 2 aromatic heterocycles. The molecule has 0 bridgehead atoms. The van der Waals surface area contributed by atoms with Crippen molar-refractivity contribution >= 4 is 29.2 Å². The molecule has 1 aliphatic rings. The highest BCUT2D eigenvalue weighted by Gasteiger charge is 2.34. The van der Waals surface area contributed by atoms with Gasteiger partial charge in [0, 0.05) is 67.6 Å². The Morgan fingerprint density at radius 2 is 1.69 bits per heavy atom. The Kier molecular flexibility index (Phi) is 9.03. The summed E-state index contributed by atoms with van der Waals surface area (Å²) in [6.45, 7) is 5.38. The molecule has 0 saturated heterocycles. The third-order valence-corrected chi connectivity index (χ3v) is 9.42. The maximum Gasteiger partial charge on any atom is 0.247 e. The summed E-state index contributed by atoms with van der Waals surface area (Å²) in [5, 5.41) is 7.41. The van der Waals surface area contributed by atoms with Gasteiger partial charge in [0.2, 0.25) is 11.8 Å². The van der Waals surface area contributed by atoms with E-state index in [1.54, 1.807) is 28.5 Å². The average molecular weight is 616 g/mol. The third-order valence-electron chi connectivity index (χ3n) is 8.60. The molecule has 1 atom stereocenters. The average Bonchev–Trinajstić information content (AvgIpc) is 3.69. The summed E-state index contributed by atoms with van der Waals surface area (Å²) < 4.78 is 1.82. The first-order valence-electron chi connectivity index (χ1n) is 15.2. The van der Waals surface area contributed by atoms with Crippen LogP contribution in [-0.2, 0) is 42.6 Å². The SMILES string of the molecule is Cc1nn(C)c(C)c1C=CC(=O)N(Cc1ccc(-c2nccs2)cc1)C(Cc1ccccc1)C(=O)N1CCc2ccccc2C1. The summed E-state index contributed by atoms with van der Waals surface area (Å²) in [5.74, 6) is -0.253. The molecule has 7 nitrogen and oxygen atoms in total. The number of fused-ring (bicyclic) bond motifs is 1. The van der Waals surface area contributed by atoms with Crippen LogP contribution in [0.3, 0.4) is 0 Å². The lowest BCUT2D eigenvalue weighted by Gasteiger charge is -2.37. The van der Waals surface area contributed by atoms with Crippen molar-refractivity contribution in [2.24, 2.45) is 7.05 Å². The van der Waals surface area contributed by atoms with Gasteiger partial charge in [-0.3, -0.25) is 14.3 Å². The summed E-state index contributed by atoms with van der Waals surface area (Å²) in [6, 6.07) is 25.7. The van der Waals surface area contributed by atoms with Gasteiger partial charge in [0.15, 0.2) is 0 Å². The molecule has 1 aliphatic heterocycles. The van der Waals surface area contributed by atoms with Crippen LogP contribution >= 0.6 is 11.3 Å². The van der Waals surface area contributed by atoms with Crippen LogP contribution in [0.1, 0.15) is 39.2 Å². The highest BCUT2D eigenvalue weighted by atomic mass is 32.1. The van der Waals surface area contributed by atoms with Crippen molar-refractivity contribution < 1.29 is 9.59 Å². The second-order valence-corrected chi connectivity index (χ2v) is 12.4. The molecule has 0 radical (unpaired) electrons. The predicted molar refractivity (Wildman–Crippen MR) is 179 cm³/mol. The Hall–Kier alpha value is -4.82. The fourth-order valence-electron chi connectivity index (χ4n) is 6.00. The number of hydrogen-bond donors (Lipinski definition) is 0. The van der Waals surface area contributed by atoms with Gasteiger partial charge in [-0.1, -0.05) is 78.9 Å². The van der Waals surface area contributed by atoms with Gasteiger partial charge in [-0.15, -0.1) is 11.3 Å². The number of thiazole rings is 1. The van der Waals surface area contributed by atoms with Crippen LogP contribution in [0.25, 0.3) is 16.6 Å². The molecule has 0 spiro atoms. The second kappa shape index (κ2) is 13.4. The second-order valence-electron chi connectivity index (χ2n) is 11.5. The van der Waals surface area contributed by atoms with Crippen LogP contribution in [-0.4, -0.2) is 49.0 Å². The third kappa shape index (κ3) is 6.81. The minimum atomic E-state index is -0.690. The van der Waals surface area contributed by atoms with Crippen molar-refractivity contribution in [1.82, 2.24) is 24.6 Å². The Morgan fingerprint density at radius 3 is 2.38 bits per heavy atom. The van der Waals surface area contributed by atoms with Crippen LogP contribution in [0.2, 0.25) is 0 Å². The molecule has 0 saturated carbocycles. The number of carbonyl (C=O) groups is 2. The van der Waals surface area contributed by atoms with Crippen molar-refractivity contribution in [2.75, 3.05) is 6.54 Å². The Bertz CT molecular complexity index is 1810. The molecular weight excluding hydrogens is 579 g/mol. The largest absolute Gasteiger partial charge is 0.336 e. The topological polar surface area (TPSA) is 71.3 Å². The van der Waals surface area contributed by atoms with Gasteiger partial charge in [0.1, 0.15) is 11.0 Å². The molecule has 0 fully saturated rings. The van der Waals surface area contributed by atoms with E-state index in [0.29, 0.717) is 26.1 Å². The number of nitrogens with zero attached hydrogens (tertiary/aromatic N) is 5. The van der Waals surface area contributed by atoms with Gasteiger partial charge in [0.05, 0.1) is 5.69 Å². The summed E-state index contributed by atoms with van der Waals surface area (Å²) in [5.41, 5.74) is 8.16. The van der Waals surface area contributed by atoms with E-state index < -0.39 is 6.04 Å². The minimum absolute atomic E-state index is 0.0387. The zero-order valence-corrected chi connectivity index (χ0v) is 26.7. The minimum Gasteiger partial charge on any atom is -0.336 e. The van der Waals surface area contributed by atoms with Crippen molar-refractivity contribution in [1.29, 1.82) is 0 Å². The molecule has 3 aromatic carbocycles. The van der Waals surface area contributed by atoms with Crippen LogP contribution in [0.5, 0.6) is 0 Å². The first kappa shape index (κ1) is 30.2. The maximum absolute atomic E-state index is 14.5. The maximum atomic E-state index is 14.5. The molecular formula is C37H37N5O2S. The lowest BCUT2D eigenvalue weighted by Crippen LogP contribution is -2.52. The quantitative estimate of drug-likeness (QED) is 0.180. The number of rotatable bonds is 9. The fraction of sp³-hybridized carbons (Fsp3) is 0.243. The first-order valence-corrected chi connectivity index (χ1v) is 16.1. The number of hydrogen-bond acceptors (Lipinski definition) is 5. The number of aromatic nitrogens is 3. The van der Waals surface area contributed by atoms with E-state index >= 15 is 0 Å². The van der Waals surface area contributed by atoms with Crippen molar-refractivity contribution in [2.45, 2.75) is 45.8 Å². The van der Waals surface area contributed by atoms with E-state index in [2.05, 4.69) is 22.2 Å². The van der Waals surface area contributed by atoms with Crippen LogP contribution in [0.15, 0.2) is 96.5 Å². The molecule has 6 rings (SSSR count). The number of amides is 2.